The van der Waals surface area contributed by atoms with Gasteiger partial charge in [-0.2, -0.15) is 13.2 Å². The summed E-state index contributed by atoms with van der Waals surface area (Å²) in [4.78, 5) is 11.0. The topological polar surface area (TPSA) is 26.3 Å². The van der Waals surface area contributed by atoms with E-state index in [0.717, 1.165) is 19.3 Å². The number of Topliss-reactive ketones (excluding diaryl/α,β-unsaturated/α-hetero) is 1. The molecule has 0 heterocycles. The number of hydrogen-bond acceptors (Lipinski definition) is 2. The van der Waals surface area contributed by atoms with E-state index in [1.54, 1.807) is 21.0 Å². The molecule has 0 aromatic rings. The summed E-state index contributed by atoms with van der Waals surface area (Å²) in [5.41, 5.74) is -0.693. The maximum absolute atomic E-state index is 12.2. The number of methoxy groups -OCH3 is 1. The first-order chi connectivity index (χ1) is 8.12. The van der Waals surface area contributed by atoms with Crippen molar-refractivity contribution in [3.63, 3.8) is 0 Å². The predicted octanol–water partition coefficient (Wildman–Crippen LogP) is 4.13. The van der Waals surface area contributed by atoms with Crippen LogP contribution in [0.15, 0.2) is 0 Å². The van der Waals surface area contributed by atoms with Gasteiger partial charge in [-0.15, -0.1) is 0 Å². The third-order valence-electron chi connectivity index (χ3n) is 2.95. The van der Waals surface area contributed by atoms with Gasteiger partial charge in [0.2, 0.25) is 5.78 Å². The zero-order valence-electron chi connectivity index (χ0n) is 11.6. The predicted molar refractivity (Wildman–Crippen MR) is 64.4 cm³/mol. The Bertz CT molecular complexity index is 259. The van der Waals surface area contributed by atoms with Gasteiger partial charge in [-0.1, -0.05) is 33.6 Å². The number of halogens is 3. The molecule has 0 bridgehead atoms. The van der Waals surface area contributed by atoms with Crippen LogP contribution in [0.2, 0.25) is 0 Å². The van der Waals surface area contributed by atoms with Crippen LogP contribution in [-0.4, -0.2) is 25.2 Å². The van der Waals surface area contributed by atoms with E-state index >= 15 is 0 Å². The fourth-order valence-electron chi connectivity index (χ4n) is 1.96. The number of carbonyl (C=O) groups is 1. The van der Waals surface area contributed by atoms with Gasteiger partial charge in [0.25, 0.3) is 0 Å². The Labute approximate surface area is 107 Å². The fourth-order valence-corrected chi connectivity index (χ4v) is 1.96. The average Bonchev–Trinajstić information content (AvgIpc) is 2.22. The SMILES string of the molecule is CCCCC(CC(C)(C)CC(=O)C(F)(F)F)OC. The molecule has 108 valence electrons. The Kier molecular flexibility index (Phi) is 6.89. The first-order valence-corrected chi connectivity index (χ1v) is 6.25. The van der Waals surface area contributed by atoms with Crippen molar-refractivity contribution >= 4 is 5.78 Å². The Hall–Kier alpha value is -0.580. The molecule has 0 saturated carbocycles. The lowest BCUT2D eigenvalue weighted by Gasteiger charge is -2.28. The Morgan fingerprint density at radius 2 is 1.83 bits per heavy atom. The molecule has 0 saturated heterocycles. The maximum atomic E-state index is 12.2. The molecule has 2 nitrogen and oxygen atoms in total. The van der Waals surface area contributed by atoms with Crippen molar-refractivity contribution in [2.75, 3.05) is 7.11 Å². The second-order valence-corrected chi connectivity index (χ2v) is 5.47. The first-order valence-electron chi connectivity index (χ1n) is 6.25. The van der Waals surface area contributed by atoms with Gasteiger partial charge in [-0.05, 0) is 18.3 Å². The van der Waals surface area contributed by atoms with Crippen LogP contribution in [0.25, 0.3) is 0 Å². The number of ether oxygens (including phenoxy) is 1. The van der Waals surface area contributed by atoms with Gasteiger partial charge in [-0.3, -0.25) is 4.79 Å². The number of unbranched alkanes of at least 4 members (excludes halogenated alkanes) is 1. The molecule has 1 unspecified atom stereocenters. The maximum Gasteiger partial charge on any atom is 0.449 e. The normalized spacial score (nSPS) is 14.6. The Balaban J connectivity index is 4.40. The molecule has 0 rings (SSSR count). The minimum Gasteiger partial charge on any atom is -0.381 e. The van der Waals surface area contributed by atoms with Crippen LogP contribution in [-0.2, 0) is 9.53 Å². The smallest absolute Gasteiger partial charge is 0.381 e. The molecule has 1 atom stereocenters. The van der Waals surface area contributed by atoms with Gasteiger partial charge >= 0.3 is 6.18 Å². The third kappa shape index (κ3) is 6.99. The largest absolute Gasteiger partial charge is 0.449 e. The molecule has 0 radical (unpaired) electrons. The first kappa shape index (κ1) is 17.4. The Morgan fingerprint density at radius 3 is 2.22 bits per heavy atom. The number of hydrogen-bond donors (Lipinski definition) is 0. The third-order valence-corrected chi connectivity index (χ3v) is 2.95. The Morgan fingerprint density at radius 1 is 1.28 bits per heavy atom. The minimum absolute atomic E-state index is 0.0824. The number of rotatable bonds is 8. The molecule has 0 aromatic carbocycles. The second-order valence-electron chi connectivity index (χ2n) is 5.47. The number of alkyl halides is 3. The van der Waals surface area contributed by atoms with Gasteiger partial charge in [0.1, 0.15) is 0 Å². The van der Waals surface area contributed by atoms with Gasteiger partial charge in [-0.25, -0.2) is 0 Å². The fraction of sp³-hybridized carbons (Fsp3) is 0.923. The average molecular weight is 268 g/mol. The molecular weight excluding hydrogens is 245 g/mol. The standard InChI is InChI=1S/C13H23F3O2/c1-5-6-7-10(18-4)8-12(2,3)9-11(17)13(14,15)16/h10H,5-9H2,1-4H3. The summed E-state index contributed by atoms with van der Waals surface area (Å²) in [6, 6.07) is 0. The van der Waals surface area contributed by atoms with E-state index in [4.69, 9.17) is 4.74 Å². The van der Waals surface area contributed by atoms with E-state index < -0.39 is 23.8 Å². The molecule has 5 heteroatoms. The molecule has 18 heavy (non-hydrogen) atoms. The van der Waals surface area contributed by atoms with E-state index in [9.17, 15) is 18.0 Å². The van der Waals surface area contributed by atoms with Crippen LogP contribution in [0.1, 0.15) is 52.9 Å². The van der Waals surface area contributed by atoms with Gasteiger partial charge in [0.15, 0.2) is 0 Å². The summed E-state index contributed by atoms with van der Waals surface area (Å²) < 4.78 is 41.9. The lowest BCUT2D eigenvalue weighted by Crippen LogP contribution is -2.31. The van der Waals surface area contributed by atoms with Crippen LogP contribution >= 0.6 is 0 Å². The molecule has 0 N–H and O–H groups in total. The molecule has 0 aromatic heterocycles. The molecule has 0 aliphatic rings. The molecular formula is C13H23F3O2. The van der Waals surface area contributed by atoms with Crippen LogP contribution < -0.4 is 0 Å². The van der Waals surface area contributed by atoms with Crippen molar-refractivity contribution in [3.8, 4) is 0 Å². The van der Waals surface area contributed by atoms with Crippen LogP contribution in [0.3, 0.4) is 0 Å². The van der Waals surface area contributed by atoms with Crippen molar-refractivity contribution in [2.24, 2.45) is 5.41 Å². The van der Waals surface area contributed by atoms with Gasteiger partial charge in [0.05, 0.1) is 6.10 Å². The van der Waals surface area contributed by atoms with Gasteiger partial charge in [0, 0.05) is 13.5 Å². The highest BCUT2D eigenvalue weighted by Gasteiger charge is 2.41. The molecule has 0 aliphatic heterocycles. The van der Waals surface area contributed by atoms with Gasteiger partial charge < -0.3 is 4.74 Å². The highest BCUT2D eigenvalue weighted by molar-refractivity contribution is 5.84. The molecule has 0 fully saturated rings. The van der Waals surface area contributed by atoms with Crippen molar-refractivity contribution < 1.29 is 22.7 Å². The van der Waals surface area contributed by atoms with E-state index in [2.05, 4.69) is 0 Å². The zero-order chi connectivity index (χ0) is 14.4. The lowest BCUT2D eigenvalue weighted by molar-refractivity contribution is -0.173. The van der Waals surface area contributed by atoms with E-state index in [0.29, 0.717) is 6.42 Å². The summed E-state index contributed by atoms with van der Waals surface area (Å²) in [5, 5.41) is 0. The second kappa shape index (κ2) is 7.12. The van der Waals surface area contributed by atoms with E-state index in [1.165, 1.54) is 0 Å². The van der Waals surface area contributed by atoms with Crippen LogP contribution in [0.4, 0.5) is 13.2 Å². The van der Waals surface area contributed by atoms with Crippen molar-refractivity contribution in [1.82, 2.24) is 0 Å². The van der Waals surface area contributed by atoms with Crippen LogP contribution in [0, 0.1) is 5.41 Å². The highest BCUT2D eigenvalue weighted by atomic mass is 19.4. The molecule has 0 spiro atoms. The van der Waals surface area contributed by atoms with Crippen LogP contribution in [0.5, 0.6) is 0 Å². The summed E-state index contributed by atoms with van der Waals surface area (Å²) >= 11 is 0. The molecule has 0 amide bonds. The highest BCUT2D eigenvalue weighted by Crippen LogP contribution is 2.33. The molecule has 0 aliphatic carbocycles. The monoisotopic (exact) mass is 268 g/mol. The quantitative estimate of drug-likeness (QED) is 0.661. The van der Waals surface area contributed by atoms with E-state index in [-0.39, 0.29) is 6.10 Å². The zero-order valence-corrected chi connectivity index (χ0v) is 11.6. The summed E-state index contributed by atoms with van der Waals surface area (Å²) in [6.07, 6.45) is -2.03. The number of carbonyl (C=O) groups excluding carboxylic acids is 1. The summed E-state index contributed by atoms with van der Waals surface area (Å²) in [7, 11) is 1.56. The van der Waals surface area contributed by atoms with Crippen molar-refractivity contribution in [1.29, 1.82) is 0 Å². The van der Waals surface area contributed by atoms with E-state index in [1.807, 2.05) is 6.92 Å². The minimum atomic E-state index is -4.73. The van der Waals surface area contributed by atoms with Crippen molar-refractivity contribution in [3.05, 3.63) is 0 Å². The summed E-state index contributed by atoms with van der Waals surface area (Å²) in [5.74, 6) is -1.65. The summed E-state index contributed by atoms with van der Waals surface area (Å²) in [6.45, 7) is 5.40. The number of ketones is 1. The van der Waals surface area contributed by atoms with Crippen molar-refractivity contribution in [2.45, 2.75) is 65.2 Å². The lowest BCUT2D eigenvalue weighted by atomic mass is 9.81.